The molecule has 2 aromatic carbocycles. The first kappa shape index (κ1) is 25.5. The molecule has 39 heavy (non-hydrogen) atoms. The van der Waals surface area contributed by atoms with Crippen molar-refractivity contribution < 1.29 is 27.5 Å². The third-order valence-electron chi connectivity index (χ3n) is 7.88. The van der Waals surface area contributed by atoms with E-state index in [9.17, 15) is 22.8 Å². The van der Waals surface area contributed by atoms with Crippen molar-refractivity contribution in [2.45, 2.75) is 24.6 Å². The van der Waals surface area contributed by atoms with E-state index in [1.54, 1.807) is 30.4 Å². The number of amides is 2. The number of likely N-dealkylation sites (N-methyl/N-ethyl adjacent to an activating group) is 1. The van der Waals surface area contributed by atoms with Crippen LogP contribution in [0.25, 0.3) is 0 Å². The second kappa shape index (κ2) is 9.16. The Hall–Kier alpha value is -3.77. The summed E-state index contributed by atoms with van der Waals surface area (Å²) in [6, 6.07) is 9.74. The molecule has 1 aromatic heterocycles. The summed E-state index contributed by atoms with van der Waals surface area (Å²) >= 11 is 0. The summed E-state index contributed by atoms with van der Waals surface area (Å²) in [6.45, 7) is 1.58. The number of rotatable bonds is 5. The molecule has 3 aliphatic rings. The van der Waals surface area contributed by atoms with Crippen LogP contribution >= 0.6 is 0 Å². The van der Waals surface area contributed by atoms with Gasteiger partial charge in [0.25, 0.3) is 5.91 Å². The Morgan fingerprint density at radius 3 is 2.44 bits per heavy atom. The molecule has 2 amide bonds. The lowest BCUT2D eigenvalue weighted by atomic mass is 9.75. The number of carbonyl (C=O) groups excluding carboxylic acids is 2. The summed E-state index contributed by atoms with van der Waals surface area (Å²) in [7, 11) is 3.64. The Morgan fingerprint density at radius 2 is 1.79 bits per heavy atom. The number of piperazine rings is 1. The van der Waals surface area contributed by atoms with Gasteiger partial charge in [0.15, 0.2) is 0 Å². The van der Waals surface area contributed by atoms with Gasteiger partial charge in [-0.2, -0.15) is 13.2 Å². The maximum atomic E-state index is 14.2. The van der Waals surface area contributed by atoms with E-state index in [2.05, 4.69) is 10.2 Å². The maximum absolute atomic E-state index is 14.2. The van der Waals surface area contributed by atoms with Crippen LogP contribution in [0.1, 0.15) is 32.9 Å². The van der Waals surface area contributed by atoms with Crippen LogP contribution in [-0.2, 0) is 41.1 Å². The number of benzene rings is 2. The van der Waals surface area contributed by atoms with Gasteiger partial charge in [-0.3, -0.25) is 14.5 Å². The van der Waals surface area contributed by atoms with Crippen molar-refractivity contribution in [2.75, 3.05) is 49.7 Å². The van der Waals surface area contributed by atoms with Crippen LogP contribution in [0.2, 0.25) is 0 Å². The van der Waals surface area contributed by atoms with Crippen molar-refractivity contribution in [3.05, 3.63) is 70.8 Å². The number of nitrogens with zero attached hydrogens (tertiary/aromatic N) is 6. The molecular weight excluding hydrogens is 513 g/mol. The minimum Gasteiger partial charge on any atom is -0.379 e. The topological polar surface area (TPSA) is 83.8 Å². The Balaban J connectivity index is 1.35. The molecule has 0 bridgehead atoms. The molecule has 0 aliphatic carbocycles. The van der Waals surface area contributed by atoms with Crippen LogP contribution in [0, 0.1) is 0 Å². The Labute approximate surface area is 222 Å². The Bertz CT molecular complexity index is 1470. The summed E-state index contributed by atoms with van der Waals surface area (Å²) in [5, 5.41) is 8.14. The van der Waals surface area contributed by atoms with E-state index in [-0.39, 0.29) is 47.8 Å². The van der Waals surface area contributed by atoms with Crippen molar-refractivity contribution in [1.29, 1.82) is 0 Å². The zero-order valence-corrected chi connectivity index (χ0v) is 21.5. The highest BCUT2D eigenvalue weighted by molar-refractivity contribution is 6.11. The van der Waals surface area contributed by atoms with Crippen molar-refractivity contribution in [3.63, 3.8) is 0 Å². The molecule has 3 aromatic rings. The van der Waals surface area contributed by atoms with Gasteiger partial charge in [-0.05, 0) is 42.4 Å². The molecule has 0 N–H and O–H groups in total. The van der Waals surface area contributed by atoms with Gasteiger partial charge >= 0.3 is 6.18 Å². The second-order valence-corrected chi connectivity index (χ2v) is 10.5. The lowest BCUT2D eigenvalue weighted by Gasteiger charge is -2.42. The van der Waals surface area contributed by atoms with Gasteiger partial charge in [0.1, 0.15) is 12.2 Å². The number of fused-ring (bicyclic) bond motifs is 1. The number of ether oxygens (including phenoxy) is 1. The first-order valence-electron chi connectivity index (χ1n) is 12.6. The predicted molar refractivity (Wildman–Crippen MR) is 135 cm³/mol. The summed E-state index contributed by atoms with van der Waals surface area (Å²) < 4.78 is 50.1. The molecule has 2 saturated heterocycles. The number of hydrogen-bond acceptors (Lipinski definition) is 6. The van der Waals surface area contributed by atoms with Gasteiger partial charge < -0.3 is 19.1 Å². The largest absolute Gasteiger partial charge is 0.416 e. The number of halogens is 3. The molecular formula is C27H27F3N6O3. The zero-order chi connectivity index (χ0) is 27.5. The highest BCUT2D eigenvalue weighted by atomic mass is 19.4. The number of carbonyl (C=O) groups is 2. The third-order valence-corrected chi connectivity index (χ3v) is 7.88. The molecule has 9 nitrogen and oxygen atoms in total. The number of aromatic nitrogens is 3. The van der Waals surface area contributed by atoms with E-state index in [1.807, 2.05) is 23.7 Å². The lowest BCUT2D eigenvalue weighted by Crippen LogP contribution is -2.49. The summed E-state index contributed by atoms with van der Waals surface area (Å²) in [6.07, 6.45) is -2.49. The van der Waals surface area contributed by atoms with E-state index in [4.69, 9.17) is 4.74 Å². The maximum Gasteiger partial charge on any atom is 0.416 e. The predicted octanol–water partition coefficient (Wildman–Crippen LogP) is 2.78. The van der Waals surface area contributed by atoms with Gasteiger partial charge in [-0.15, -0.1) is 10.2 Å². The Kier molecular flexibility index (Phi) is 5.99. The van der Waals surface area contributed by atoms with Crippen LogP contribution < -0.4 is 9.80 Å². The molecule has 12 heteroatoms. The highest BCUT2D eigenvalue weighted by Gasteiger charge is 2.44. The van der Waals surface area contributed by atoms with Crippen molar-refractivity contribution in [1.82, 2.24) is 19.7 Å². The minimum absolute atomic E-state index is 0.0299. The van der Waals surface area contributed by atoms with Crippen LogP contribution in [0.15, 0.2) is 42.7 Å². The van der Waals surface area contributed by atoms with Crippen LogP contribution in [0.4, 0.5) is 24.5 Å². The van der Waals surface area contributed by atoms with Gasteiger partial charge in [0.2, 0.25) is 5.91 Å². The Morgan fingerprint density at radius 1 is 1.00 bits per heavy atom. The molecule has 2 fully saturated rings. The monoisotopic (exact) mass is 540 g/mol. The van der Waals surface area contributed by atoms with Crippen molar-refractivity contribution in [3.8, 4) is 0 Å². The van der Waals surface area contributed by atoms with E-state index >= 15 is 0 Å². The smallest absolute Gasteiger partial charge is 0.379 e. The minimum atomic E-state index is -4.68. The van der Waals surface area contributed by atoms with E-state index in [1.165, 1.54) is 15.9 Å². The first-order chi connectivity index (χ1) is 18.6. The average molecular weight is 541 g/mol. The number of hydrogen-bond donors (Lipinski definition) is 0. The fourth-order valence-corrected chi connectivity index (χ4v) is 5.57. The SMILES string of the molecule is CN1CCN(c2cc3c(c(C(F)(F)F)c2)CN(c2cccc(C4(Cc5nncn5C)COC4)c2)C3=O)C(=O)C1. The summed E-state index contributed by atoms with van der Waals surface area (Å²) in [5.74, 6) is -0.0415. The molecule has 0 saturated carbocycles. The number of aryl methyl sites for hydroxylation is 1. The van der Waals surface area contributed by atoms with Crippen molar-refractivity contribution >= 4 is 23.2 Å². The molecule has 4 heterocycles. The molecule has 0 spiro atoms. The zero-order valence-electron chi connectivity index (χ0n) is 21.5. The van der Waals surface area contributed by atoms with Gasteiger partial charge in [-0.25, -0.2) is 0 Å². The fraction of sp³-hybridized carbons (Fsp3) is 0.407. The normalized spacial score (nSPS) is 19.4. The lowest BCUT2D eigenvalue weighted by molar-refractivity contribution is -0.138. The highest BCUT2D eigenvalue weighted by Crippen LogP contribution is 2.43. The quantitative estimate of drug-likeness (QED) is 0.495. The summed E-state index contributed by atoms with van der Waals surface area (Å²) in [5.41, 5.74) is 0.137. The molecule has 0 radical (unpaired) electrons. The fourth-order valence-electron chi connectivity index (χ4n) is 5.57. The number of anilines is 2. The van der Waals surface area contributed by atoms with Crippen LogP contribution in [0.5, 0.6) is 0 Å². The third kappa shape index (κ3) is 4.37. The van der Waals surface area contributed by atoms with E-state index in [0.29, 0.717) is 31.9 Å². The first-order valence-corrected chi connectivity index (χ1v) is 12.6. The summed E-state index contributed by atoms with van der Waals surface area (Å²) in [4.78, 5) is 30.7. The molecule has 204 valence electrons. The van der Waals surface area contributed by atoms with E-state index in [0.717, 1.165) is 17.5 Å². The van der Waals surface area contributed by atoms with Gasteiger partial charge in [0.05, 0.1) is 31.9 Å². The van der Waals surface area contributed by atoms with E-state index < -0.39 is 17.6 Å². The average Bonchev–Trinajstić information content (AvgIpc) is 3.42. The molecule has 0 unspecified atom stereocenters. The molecule has 0 atom stereocenters. The van der Waals surface area contributed by atoms with Crippen LogP contribution in [0.3, 0.4) is 0 Å². The second-order valence-electron chi connectivity index (χ2n) is 10.5. The van der Waals surface area contributed by atoms with Gasteiger partial charge in [-0.1, -0.05) is 12.1 Å². The standard InChI is InChI=1S/C27H27F3N6O3/c1-33-6-7-35(24(37)13-33)19-9-20-21(22(10-19)27(28,29)30)12-36(25(20)38)18-5-3-4-17(8-18)26(14-39-15-26)11-23-32-31-16-34(23)2/h3-5,8-10,16H,6-7,11-15H2,1-2H3. The van der Waals surface area contributed by atoms with Crippen molar-refractivity contribution in [2.24, 2.45) is 7.05 Å². The number of alkyl halides is 3. The van der Waals surface area contributed by atoms with Crippen LogP contribution in [-0.4, -0.2) is 71.4 Å². The van der Waals surface area contributed by atoms with Gasteiger partial charge in [0, 0.05) is 48.9 Å². The molecule has 3 aliphatic heterocycles. The molecule has 6 rings (SSSR count).